The Morgan fingerprint density at radius 2 is 1.80 bits per heavy atom. The van der Waals surface area contributed by atoms with Crippen LogP contribution in [0.2, 0.25) is 0 Å². The number of aromatic nitrogens is 1. The van der Waals surface area contributed by atoms with Crippen LogP contribution in [0.4, 0.5) is 0 Å². The Kier molecular flexibility index (Phi) is 3.46. The molecule has 2 aromatic heterocycles. The molecule has 2 nitrogen and oxygen atoms in total. The zero-order valence-electron chi connectivity index (χ0n) is 11.9. The number of rotatable bonds is 4. The summed E-state index contributed by atoms with van der Waals surface area (Å²) in [5.74, 6) is 1.44. The normalized spacial score (nSPS) is 11.2. The lowest BCUT2D eigenvalue weighted by Crippen LogP contribution is -1.96. The molecule has 0 N–H and O–H groups in total. The van der Waals surface area contributed by atoms with Crippen molar-refractivity contribution in [3.63, 3.8) is 0 Å². The lowest BCUT2D eigenvalue weighted by molar-refractivity contribution is 0.304. The van der Waals surface area contributed by atoms with Crippen molar-refractivity contribution in [2.24, 2.45) is 0 Å². The molecule has 0 amide bonds. The molecule has 0 radical (unpaired) electrons. The molecule has 2 heterocycles. The van der Waals surface area contributed by atoms with Gasteiger partial charge in [0, 0.05) is 11.7 Å². The van der Waals surface area contributed by atoms with Gasteiger partial charge in [-0.15, -0.1) is 0 Å². The molecular formula is C18H19NO. The van der Waals surface area contributed by atoms with E-state index in [0.29, 0.717) is 12.5 Å². The van der Waals surface area contributed by atoms with Crippen LogP contribution >= 0.6 is 0 Å². The molecular weight excluding hydrogens is 246 g/mol. The molecule has 0 unspecified atom stereocenters. The minimum atomic E-state index is 0.545. The summed E-state index contributed by atoms with van der Waals surface area (Å²) >= 11 is 0. The molecule has 0 spiro atoms. The van der Waals surface area contributed by atoms with Crippen LogP contribution in [0.5, 0.6) is 5.75 Å². The summed E-state index contributed by atoms with van der Waals surface area (Å²) in [5, 5.41) is 0. The predicted molar refractivity (Wildman–Crippen MR) is 82.3 cm³/mol. The highest BCUT2D eigenvalue weighted by Gasteiger charge is 2.04. The highest BCUT2D eigenvalue weighted by atomic mass is 16.5. The number of nitrogens with zero attached hydrogens (tertiary/aromatic N) is 1. The molecule has 1 aromatic carbocycles. The third kappa shape index (κ3) is 2.69. The van der Waals surface area contributed by atoms with Crippen molar-refractivity contribution in [3.8, 4) is 5.75 Å². The number of pyridine rings is 1. The molecule has 20 heavy (non-hydrogen) atoms. The summed E-state index contributed by atoms with van der Waals surface area (Å²) in [5.41, 5.74) is 3.74. The molecule has 2 heteroatoms. The van der Waals surface area contributed by atoms with E-state index in [1.54, 1.807) is 0 Å². The first-order valence-electron chi connectivity index (χ1n) is 7.01. The molecule has 0 saturated carbocycles. The molecule has 3 aromatic rings. The monoisotopic (exact) mass is 265 g/mol. The van der Waals surface area contributed by atoms with Crippen molar-refractivity contribution in [3.05, 3.63) is 72.1 Å². The van der Waals surface area contributed by atoms with E-state index in [1.807, 2.05) is 30.5 Å². The maximum Gasteiger partial charge on any atom is 0.136 e. The second kappa shape index (κ2) is 5.41. The average Bonchev–Trinajstić information content (AvgIpc) is 2.89. The van der Waals surface area contributed by atoms with Crippen molar-refractivity contribution in [2.45, 2.75) is 26.4 Å². The molecule has 0 saturated heterocycles. The summed E-state index contributed by atoms with van der Waals surface area (Å²) < 4.78 is 7.98. The summed E-state index contributed by atoms with van der Waals surface area (Å²) in [4.78, 5) is 0. The number of fused-ring (bicyclic) bond motifs is 1. The maximum atomic E-state index is 5.85. The van der Waals surface area contributed by atoms with Crippen LogP contribution in [0.25, 0.3) is 5.52 Å². The van der Waals surface area contributed by atoms with Crippen LogP contribution in [-0.2, 0) is 6.61 Å². The Morgan fingerprint density at radius 3 is 2.55 bits per heavy atom. The smallest absolute Gasteiger partial charge is 0.136 e. The summed E-state index contributed by atoms with van der Waals surface area (Å²) in [6.45, 7) is 5.02. The number of benzene rings is 1. The van der Waals surface area contributed by atoms with Crippen molar-refractivity contribution < 1.29 is 4.74 Å². The fraction of sp³-hybridized carbons (Fsp3) is 0.222. The van der Waals surface area contributed by atoms with Gasteiger partial charge in [-0.05, 0) is 35.2 Å². The fourth-order valence-electron chi connectivity index (χ4n) is 2.25. The third-order valence-corrected chi connectivity index (χ3v) is 3.50. The van der Waals surface area contributed by atoms with E-state index in [1.165, 1.54) is 16.6 Å². The lowest BCUT2D eigenvalue weighted by Gasteiger charge is -2.06. The zero-order valence-corrected chi connectivity index (χ0v) is 11.9. The van der Waals surface area contributed by atoms with E-state index in [4.69, 9.17) is 4.74 Å². The highest BCUT2D eigenvalue weighted by Crippen LogP contribution is 2.21. The molecule has 0 atom stereocenters. The Morgan fingerprint density at radius 1 is 1.00 bits per heavy atom. The van der Waals surface area contributed by atoms with Crippen LogP contribution < -0.4 is 4.74 Å². The van der Waals surface area contributed by atoms with Gasteiger partial charge in [-0.1, -0.05) is 44.2 Å². The summed E-state index contributed by atoms with van der Waals surface area (Å²) in [6, 6.07) is 16.6. The minimum Gasteiger partial charge on any atom is -0.487 e. The molecule has 0 fully saturated rings. The molecule has 0 aliphatic heterocycles. The largest absolute Gasteiger partial charge is 0.487 e. The van der Waals surface area contributed by atoms with Crippen molar-refractivity contribution in [2.75, 3.05) is 0 Å². The van der Waals surface area contributed by atoms with E-state index in [0.717, 1.165) is 5.75 Å². The molecule has 0 bridgehead atoms. The Hall–Kier alpha value is -2.22. The second-order valence-electron chi connectivity index (χ2n) is 5.40. The lowest BCUT2D eigenvalue weighted by atomic mass is 10.1. The molecule has 0 aliphatic carbocycles. The quantitative estimate of drug-likeness (QED) is 0.670. The molecule has 3 rings (SSSR count). The SMILES string of the molecule is CC(C)c1cc2ccc(OCc3ccccc3)cn2c1. The molecule has 102 valence electrons. The van der Waals surface area contributed by atoms with Gasteiger partial charge in [0.2, 0.25) is 0 Å². The van der Waals surface area contributed by atoms with E-state index in [9.17, 15) is 0 Å². The van der Waals surface area contributed by atoms with Crippen LogP contribution in [0, 0.1) is 0 Å². The van der Waals surface area contributed by atoms with Gasteiger partial charge in [0.25, 0.3) is 0 Å². The molecule has 0 aliphatic rings. The topological polar surface area (TPSA) is 13.6 Å². The van der Waals surface area contributed by atoms with Gasteiger partial charge in [-0.25, -0.2) is 0 Å². The minimum absolute atomic E-state index is 0.545. The van der Waals surface area contributed by atoms with E-state index < -0.39 is 0 Å². The second-order valence-corrected chi connectivity index (χ2v) is 5.40. The Labute approximate surface area is 119 Å². The average molecular weight is 265 g/mol. The van der Waals surface area contributed by atoms with E-state index in [-0.39, 0.29) is 0 Å². The number of hydrogen-bond acceptors (Lipinski definition) is 1. The fourth-order valence-corrected chi connectivity index (χ4v) is 2.25. The van der Waals surface area contributed by atoms with Crippen LogP contribution in [-0.4, -0.2) is 4.40 Å². The summed E-state index contributed by atoms with van der Waals surface area (Å²) in [6.07, 6.45) is 4.22. The summed E-state index contributed by atoms with van der Waals surface area (Å²) in [7, 11) is 0. The highest BCUT2D eigenvalue weighted by molar-refractivity contribution is 5.52. The van der Waals surface area contributed by atoms with Gasteiger partial charge in [-0.3, -0.25) is 0 Å². The van der Waals surface area contributed by atoms with Crippen molar-refractivity contribution in [1.29, 1.82) is 0 Å². The van der Waals surface area contributed by atoms with Gasteiger partial charge in [-0.2, -0.15) is 0 Å². The van der Waals surface area contributed by atoms with E-state index >= 15 is 0 Å². The van der Waals surface area contributed by atoms with Gasteiger partial charge in [0.1, 0.15) is 12.4 Å². The first-order chi connectivity index (χ1) is 9.72. The Balaban J connectivity index is 1.78. The van der Waals surface area contributed by atoms with Gasteiger partial charge >= 0.3 is 0 Å². The Bertz CT molecular complexity index is 698. The third-order valence-electron chi connectivity index (χ3n) is 3.50. The predicted octanol–water partition coefficient (Wildman–Crippen LogP) is 4.64. The standard InChI is InChI=1S/C18H19NO/c1-14(2)16-10-17-8-9-18(12-19(17)11-16)20-13-15-6-4-3-5-7-15/h3-12,14H,13H2,1-2H3. The van der Waals surface area contributed by atoms with Crippen LogP contribution in [0.3, 0.4) is 0 Å². The van der Waals surface area contributed by atoms with E-state index in [2.05, 4.69) is 48.7 Å². The van der Waals surface area contributed by atoms with Crippen molar-refractivity contribution >= 4 is 5.52 Å². The number of ether oxygens (including phenoxy) is 1. The van der Waals surface area contributed by atoms with Crippen molar-refractivity contribution in [1.82, 2.24) is 4.40 Å². The van der Waals surface area contributed by atoms with Crippen LogP contribution in [0.15, 0.2) is 60.9 Å². The van der Waals surface area contributed by atoms with Gasteiger partial charge in [0.15, 0.2) is 0 Å². The van der Waals surface area contributed by atoms with Gasteiger partial charge in [0.05, 0.1) is 6.20 Å². The first-order valence-corrected chi connectivity index (χ1v) is 7.01. The van der Waals surface area contributed by atoms with Gasteiger partial charge < -0.3 is 9.14 Å². The van der Waals surface area contributed by atoms with Crippen LogP contribution in [0.1, 0.15) is 30.9 Å². The maximum absolute atomic E-state index is 5.85. The first kappa shape index (κ1) is 12.8. The number of hydrogen-bond donors (Lipinski definition) is 0. The zero-order chi connectivity index (χ0) is 13.9.